The molecular weight excluding hydrogens is 258 g/mol. The highest BCUT2D eigenvalue weighted by Gasteiger charge is 2.44. The summed E-state index contributed by atoms with van der Waals surface area (Å²) in [5.74, 6) is -2.52. The van der Waals surface area contributed by atoms with Gasteiger partial charge in [0.15, 0.2) is 0 Å². The molecule has 1 heterocycles. The van der Waals surface area contributed by atoms with Gasteiger partial charge in [0.1, 0.15) is 0 Å². The van der Waals surface area contributed by atoms with Crippen molar-refractivity contribution in [1.29, 1.82) is 0 Å². The maximum atomic E-state index is 13.5. The summed E-state index contributed by atoms with van der Waals surface area (Å²) in [6.07, 6.45) is 2.87. The van der Waals surface area contributed by atoms with Crippen molar-refractivity contribution in [2.45, 2.75) is 37.0 Å². The number of halogens is 2. The van der Waals surface area contributed by atoms with Gasteiger partial charge in [-0.3, -0.25) is 0 Å². The molecule has 20 heavy (non-hydrogen) atoms. The molecule has 1 fully saturated rings. The van der Waals surface area contributed by atoms with Crippen molar-refractivity contribution < 1.29 is 8.78 Å². The van der Waals surface area contributed by atoms with Gasteiger partial charge in [0, 0.05) is 48.9 Å². The molecule has 0 spiro atoms. The van der Waals surface area contributed by atoms with Crippen LogP contribution in [0.3, 0.4) is 0 Å². The highest BCUT2D eigenvalue weighted by atomic mass is 19.3. The molecule has 1 aliphatic carbocycles. The number of para-hydroxylation sites is 1. The van der Waals surface area contributed by atoms with Gasteiger partial charge in [-0.1, -0.05) is 18.2 Å². The molecule has 0 saturated heterocycles. The molecule has 0 amide bonds. The van der Waals surface area contributed by atoms with Gasteiger partial charge < -0.3 is 10.3 Å². The first-order valence-electron chi connectivity index (χ1n) is 7.10. The van der Waals surface area contributed by atoms with Crippen molar-refractivity contribution in [2.24, 2.45) is 12.8 Å². The lowest BCUT2D eigenvalue weighted by Crippen LogP contribution is -2.42. The molecule has 0 aliphatic heterocycles. The lowest BCUT2D eigenvalue weighted by Gasteiger charge is -2.39. The SMILES string of the molecule is Cn1cc(C2(CN)CCC(F)(F)CC2)c2ccccc21. The zero-order chi connectivity index (χ0) is 14.4. The number of rotatable bonds is 2. The van der Waals surface area contributed by atoms with E-state index >= 15 is 0 Å². The maximum Gasteiger partial charge on any atom is 0.248 e. The summed E-state index contributed by atoms with van der Waals surface area (Å²) in [6, 6.07) is 8.11. The minimum atomic E-state index is -2.52. The number of nitrogens with zero attached hydrogens (tertiary/aromatic N) is 1. The fourth-order valence-corrected chi connectivity index (χ4v) is 3.44. The highest BCUT2D eigenvalue weighted by molar-refractivity contribution is 5.85. The van der Waals surface area contributed by atoms with Crippen molar-refractivity contribution >= 4 is 10.9 Å². The van der Waals surface area contributed by atoms with E-state index in [0.717, 1.165) is 16.5 Å². The Morgan fingerprint density at radius 2 is 1.80 bits per heavy atom. The average molecular weight is 278 g/mol. The Hall–Kier alpha value is -1.42. The molecule has 4 heteroatoms. The first kappa shape index (κ1) is 13.6. The van der Waals surface area contributed by atoms with E-state index in [1.165, 1.54) is 0 Å². The molecule has 0 radical (unpaired) electrons. The molecule has 2 N–H and O–H groups in total. The summed E-state index contributed by atoms with van der Waals surface area (Å²) in [7, 11) is 1.99. The quantitative estimate of drug-likeness (QED) is 0.894. The molecule has 108 valence electrons. The third kappa shape index (κ3) is 2.03. The van der Waals surface area contributed by atoms with Gasteiger partial charge in [0.25, 0.3) is 0 Å². The van der Waals surface area contributed by atoms with Crippen LogP contribution >= 0.6 is 0 Å². The summed E-state index contributed by atoms with van der Waals surface area (Å²) in [5.41, 5.74) is 7.97. The van der Waals surface area contributed by atoms with Crippen LogP contribution in [-0.2, 0) is 12.5 Å². The Kier molecular flexibility index (Phi) is 3.09. The van der Waals surface area contributed by atoms with Gasteiger partial charge in [-0.05, 0) is 24.5 Å². The minimum absolute atomic E-state index is 0.0621. The number of fused-ring (bicyclic) bond motifs is 1. The standard InChI is InChI=1S/C16H20F2N2/c1-20-10-13(12-4-2-3-5-14(12)20)15(11-19)6-8-16(17,18)9-7-15/h2-5,10H,6-9,11,19H2,1H3. The van der Waals surface area contributed by atoms with Gasteiger partial charge in [0.05, 0.1) is 0 Å². The van der Waals surface area contributed by atoms with Crippen molar-refractivity contribution in [2.75, 3.05) is 6.54 Å². The van der Waals surface area contributed by atoms with E-state index in [2.05, 4.69) is 22.9 Å². The van der Waals surface area contributed by atoms with Crippen molar-refractivity contribution in [3.05, 3.63) is 36.0 Å². The number of aryl methyl sites for hydroxylation is 1. The first-order chi connectivity index (χ1) is 9.47. The summed E-state index contributed by atoms with van der Waals surface area (Å²) in [4.78, 5) is 0. The molecule has 1 aromatic carbocycles. The number of benzene rings is 1. The van der Waals surface area contributed by atoms with E-state index in [0.29, 0.717) is 19.4 Å². The maximum absolute atomic E-state index is 13.5. The Morgan fingerprint density at radius 3 is 2.45 bits per heavy atom. The van der Waals surface area contributed by atoms with E-state index in [4.69, 9.17) is 5.73 Å². The fraction of sp³-hybridized carbons (Fsp3) is 0.500. The topological polar surface area (TPSA) is 30.9 Å². The predicted molar refractivity (Wildman–Crippen MR) is 77.1 cm³/mol. The summed E-state index contributed by atoms with van der Waals surface area (Å²) in [6.45, 7) is 0.428. The van der Waals surface area contributed by atoms with Crippen molar-refractivity contribution in [3.8, 4) is 0 Å². The average Bonchev–Trinajstić information content (AvgIpc) is 2.78. The molecule has 0 bridgehead atoms. The molecule has 0 atom stereocenters. The third-order valence-electron chi connectivity index (χ3n) is 4.80. The van der Waals surface area contributed by atoms with Crippen LogP contribution in [0.15, 0.2) is 30.5 Å². The van der Waals surface area contributed by atoms with Gasteiger partial charge in [-0.2, -0.15) is 0 Å². The van der Waals surface area contributed by atoms with Gasteiger partial charge in [-0.25, -0.2) is 8.78 Å². The number of hydrogen-bond acceptors (Lipinski definition) is 1. The smallest absolute Gasteiger partial charge is 0.248 e. The van der Waals surface area contributed by atoms with Crippen LogP contribution in [0.2, 0.25) is 0 Å². The molecule has 1 aromatic heterocycles. The molecule has 0 unspecified atom stereocenters. The summed E-state index contributed by atoms with van der Waals surface area (Å²) >= 11 is 0. The van der Waals surface area contributed by atoms with Crippen molar-refractivity contribution in [3.63, 3.8) is 0 Å². The molecular formula is C16H20F2N2. The third-order valence-corrected chi connectivity index (χ3v) is 4.80. The Labute approximate surface area is 117 Å². The predicted octanol–water partition coefficient (Wildman–Crippen LogP) is 3.58. The monoisotopic (exact) mass is 278 g/mol. The van der Waals surface area contributed by atoms with E-state index in [-0.39, 0.29) is 18.3 Å². The first-order valence-corrected chi connectivity index (χ1v) is 7.10. The lowest BCUT2D eigenvalue weighted by atomic mass is 9.68. The van der Waals surface area contributed by atoms with Crippen LogP contribution < -0.4 is 5.73 Å². The van der Waals surface area contributed by atoms with E-state index < -0.39 is 5.92 Å². The number of aromatic nitrogens is 1. The second-order valence-corrected chi connectivity index (χ2v) is 6.01. The van der Waals surface area contributed by atoms with E-state index in [9.17, 15) is 8.78 Å². The molecule has 2 nitrogen and oxygen atoms in total. The number of nitrogens with two attached hydrogens (primary N) is 1. The van der Waals surface area contributed by atoms with Crippen LogP contribution in [0.4, 0.5) is 8.78 Å². The van der Waals surface area contributed by atoms with Gasteiger partial charge in [-0.15, -0.1) is 0 Å². The Morgan fingerprint density at radius 1 is 1.15 bits per heavy atom. The van der Waals surface area contributed by atoms with E-state index in [1.807, 2.05) is 19.2 Å². The normalized spacial score (nSPS) is 21.2. The second-order valence-electron chi connectivity index (χ2n) is 6.01. The zero-order valence-corrected chi connectivity index (χ0v) is 11.7. The van der Waals surface area contributed by atoms with Gasteiger partial charge >= 0.3 is 0 Å². The number of hydrogen-bond donors (Lipinski definition) is 1. The fourth-order valence-electron chi connectivity index (χ4n) is 3.44. The molecule has 3 rings (SSSR count). The molecule has 1 saturated carbocycles. The second kappa shape index (κ2) is 4.55. The minimum Gasteiger partial charge on any atom is -0.350 e. The largest absolute Gasteiger partial charge is 0.350 e. The summed E-state index contributed by atoms with van der Waals surface area (Å²) < 4.78 is 29.0. The van der Waals surface area contributed by atoms with Crippen LogP contribution in [0.1, 0.15) is 31.2 Å². The zero-order valence-electron chi connectivity index (χ0n) is 11.7. The van der Waals surface area contributed by atoms with Crippen LogP contribution in [0, 0.1) is 0 Å². The lowest BCUT2D eigenvalue weighted by molar-refractivity contribution is -0.0507. The van der Waals surface area contributed by atoms with Crippen LogP contribution in [0.5, 0.6) is 0 Å². The van der Waals surface area contributed by atoms with Crippen LogP contribution in [0.25, 0.3) is 10.9 Å². The Bertz CT molecular complexity index is 620. The van der Waals surface area contributed by atoms with E-state index in [1.54, 1.807) is 0 Å². The Balaban J connectivity index is 2.09. The molecule has 2 aromatic rings. The van der Waals surface area contributed by atoms with Crippen LogP contribution in [-0.4, -0.2) is 17.0 Å². The highest BCUT2D eigenvalue weighted by Crippen LogP contribution is 2.46. The van der Waals surface area contributed by atoms with Gasteiger partial charge in [0.2, 0.25) is 5.92 Å². The molecule has 1 aliphatic rings. The summed E-state index contributed by atoms with van der Waals surface area (Å²) in [5, 5.41) is 1.14. The number of alkyl halides is 2. The van der Waals surface area contributed by atoms with Crippen molar-refractivity contribution in [1.82, 2.24) is 4.57 Å².